The smallest absolute Gasteiger partial charge is 0.355 e. The van der Waals surface area contributed by atoms with Gasteiger partial charge in [0.1, 0.15) is 0 Å². The number of rotatable bonds is 5. The van der Waals surface area contributed by atoms with Crippen molar-refractivity contribution in [2.75, 3.05) is 0 Å². The number of nitrogens with zero attached hydrogens (tertiary/aromatic N) is 1. The number of aromatic amines is 1. The molecule has 0 saturated carbocycles. The number of hydrogen-bond donors (Lipinski definition) is 1. The second-order valence-electron chi connectivity index (χ2n) is 7.81. The molecular formula is C28H20N2O3. The first-order chi connectivity index (χ1) is 16.1. The van der Waals surface area contributed by atoms with Gasteiger partial charge in [-0.3, -0.25) is 4.79 Å². The molecule has 33 heavy (non-hydrogen) atoms. The summed E-state index contributed by atoms with van der Waals surface area (Å²) >= 11 is 0. The summed E-state index contributed by atoms with van der Waals surface area (Å²) in [4.78, 5) is 33.5. The summed E-state index contributed by atoms with van der Waals surface area (Å²) in [6, 6.07) is 27.8. The topological polar surface area (TPSA) is 71.5 Å². The Balaban J connectivity index is 1.45. The van der Waals surface area contributed by atoms with Gasteiger partial charge >= 0.3 is 5.97 Å². The Morgan fingerprint density at radius 2 is 1.48 bits per heavy atom. The van der Waals surface area contributed by atoms with E-state index in [0.29, 0.717) is 16.7 Å². The third-order valence-corrected chi connectivity index (χ3v) is 5.62. The number of H-pyrrole nitrogens is 1. The van der Waals surface area contributed by atoms with Crippen LogP contribution >= 0.6 is 0 Å². The number of aryl methyl sites for hydroxylation is 1. The van der Waals surface area contributed by atoms with Gasteiger partial charge in [0.2, 0.25) is 0 Å². The Morgan fingerprint density at radius 3 is 2.27 bits per heavy atom. The van der Waals surface area contributed by atoms with Gasteiger partial charge in [-0.05, 0) is 60.5 Å². The maximum atomic E-state index is 13.1. The lowest BCUT2D eigenvalue weighted by atomic mass is 9.98. The Bertz CT molecular complexity index is 1530. The molecule has 0 bridgehead atoms. The van der Waals surface area contributed by atoms with Crippen LogP contribution in [0.2, 0.25) is 0 Å². The monoisotopic (exact) mass is 432 g/mol. The molecule has 0 spiro atoms. The highest BCUT2D eigenvalue weighted by molar-refractivity contribution is 6.15. The molecule has 0 aliphatic carbocycles. The Kier molecular flexibility index (Phi) is 5.29. The summed E-state index contributed by atoms with van der Waals surface area (Å²) < 4.78 is 0. The van der Waals surface area contributed by atoms with Gasteiger partial charge in [-0.15, -0.1) is 0 Å². The van der Waals surface area contributed by atoms with Crippen molar-refractivity contribution in [3.8, 4) is 0 Å². The van der Waals surface area contributed by atoms with Crippen molar-refractivity contribution in [2.45, 2.75) is 6.92 Å². The average Bonchev–Trinajstić information content (AvgIpc) is 3.21. The minimum Gasteiger partial charge on any atom is -0.355 e. The van der Waals surface area contributed by atoms with Crippen LogP contribution in [0, 0.1) is 6.92 Å². The highest BCUT2D eigenvalue weighted by Crippen LogP contribution is 2.28. The second kappa shape index (κ2) is 8.55. The summed E-state index contributed by atoms with van der Waals surface area (Å²) in [5.41, 5.74) is 5.38. The van der Waals surface area contributed by atoms with Crippen LogP contribution in [0.4, 0.5) is 0 Å². The molecule has 1 heterocycles. The van der Waals surface area contributed by atoms with Crippen molar-refractivity contribution in [1.29, 1.82) is 0 Å². The van der Waals surface area contributed by atoms with Gasteiger partial charge in [-0.2, -0.15) is 0 Å². The number of carbonyl (C=O) groups excluding carboxylic acids is 2. The molecule has 0 atom stereocenters. The van der Waals surface area contributed by atoms with Crippen molar-refractivity contribution in [2.24, 2.45) is 5.16 Å². The van der Waals surface area contributed by atoms with E-state index in [4.69, 9.17) is 4.84 Å². The van der Waals surface area contributed by atoms with Crippen LogP contribution in [-0.4, -0.2) is 23.0 Å². The van der Waals surface area contributed by atoms with E-state index in [2.05, 4.69) is 10.1 Å². The lowest BCUT2D eigenvalue weighted by molar-refractivity contribution is 0.0519. The fourth-order valence-corrected chi connectivity index (χ4v) is 3.88. The molecule has 0 aliphatic rings. The number of ketones is 1. The van der Waals surface area contributed by atoms with E-state index in [0.717, 1.165) is 32.9 Å². The molecule has 0 radical (unpaired) electrons. The highest BCUT2D eigenvalue weighted by atomic mass is 16.7. The fraction of sp³-hybridized carbons (Fsp3) is 0.0357. The Morgan fingerprint density at radius 1 is 0.788 bits per heavy atom. The number of carbonyl (C=O) groups is 2. The van der Waals surface area contributed by atoms with E-state index in [1.807, 2.05) is 73.7 Å². The predicted molar refractivity (Wildman–Crippen MR) is 130 cm³/mol. The van der Waals surface area contributed by atoms with E-state index >= 15 is 0 Å². The Labute approximate surface area is 190 Å². The molecule has 0 saturated heterocycles. The second-order valence-corrected chi connectivity index (χ2v) is 7.81. The Hall–Kier alpha value is -4.51. The van der Waals surface area contributed by atoms with Crippen LogP contribution in [0.3, 0.4) is 0 Å². The first kappa shape index (κ1) is 20.4. The first-order valence-electron chi connectivity index (χ1n) is 10.6. The predicted octanol–water partition coefficient (Wildman–Crippen LogP) is 6.05. The number of fused-ring (bicyclic) bond motifs is 3. The maximum Gasteiger partial charge on any atom is 0.365 e. The average molecular weight is 432 g/mol. The van der Waals surface area contributed by atoms with Crippen LogP contribution in [0.1, 0.15) is 37.4 Å². The zero-order chi connectivity index (χ0) is 22.8. The minimum absolute atomic E-state index is 0.00473. The molecule has 0 unspecified atom stereocenters. The van der Waals surface area contributed by atoms with Gasteiger partial charge in [0, 0.05) is 32.9 Å². The van der Waals surface area contributed by atoms with Crippen molar-refractivity contribution in [1.82, 2.24) is 4.98 Å². The molecule has 0 amide bonds. The molecule has 5 nitrogen and oxygen atoms in total. The molecule has 1 N–H and O–H groups in total. The quantitative estimate of drug-likeness (QED) is 0.159. The number of benzene rings is 4. The van der Waals surface area contributed by atoms with Crippen LogP contribution in [0.5, 0.6) is 0 Å². The first-order valence-corrected chi connectivity index (χ1v) is 10.6. The number of hydrogen-bond acceptors (Lipinski definition) is 4. The summed E-state index contributed by atoms with van der Waals surface area (Å²) in [6.45, 7) is 1.94. The molecule has 5 heteroatoms. The minimum atomic E-state index is -0.514. The standard InChI is InChI=1S/C28H20N2O3/c1-18-7-5-6-10-22(18)27(31)21-12-14-26-24(16-21)23-15-19(11-13-25(23)30-26)17-29-33-28(32)20-8-3-2-4-9-20/h2-17,30H,1H3/b29-17-. The van der Waals surface area contributed by atoms with Crippen LogP contribution in [0.25, 0.3) is 21.8 Å². The third kappa shape index (κ3) is 4.04. The van der Waals surface area contributed by atoms with E-state index < -0.39 is 5.97 Å². The largest absolute Gasteiger partial charge is 0.365 e. The molecule has 5 aromatic rings. The van der Waals surface area contributed by atoms with Crippen LogP contribution in [0.15, 0.2) is 96.2 Å². The molecule has 4 aromatic carbocycles. The van der Waals surface area contributed by atoms with Crippen molar-refractivity contribution in [3.63, 3.8) is 0 Å². The van der Waals surface area contributed by atoms with Gasteiger partial charge in [0.05, 0.1) is 11.8 Å². The zero-order valence-corrected chi connectivity index (χ0v) is 17.9. The molecule has 160 valence electrons. The maximum absolute atomic E-state index is 13.1. The normalized spacial score (nSPS) is 11.3. The molecule has 5 rings (SSSR count). The van der Waals surface area contributed by atoms with E-state index in [-0.39, 0.29) is 5.78 Å². The fourth-order valence-electron chi connectivity index (χ4n) is 3.88. The third-order valence-electron chi connectivity index (χ3n) is 5.62. The lowest BCUT2D eigenvalue weighted by Gasteiger charge is -2.05. The summed E-state index contributed by atoms with van der Waals surface area (Å²) in [6.07, 6.45) is 1.50. The van der Waals surface area contributed by atoms with Crippen molar-refractivity contribution in [3.05, 3.63) is 119 Å². The number of oxime groups is 1. The number of nitrogens with one attached hydrogen (secondary N) is 1. The molecule has 0 fully saturated rings. The van der Waals surface area contributed by atoms with Crippen LogP contribution < -0.4 is 0 Å². The molecule has 1 aromatic heterocycles. The van der Waals surface area contributed by atoms with Gasteiger partial charge in [0.25, 0.3) is 0 Å². The highest BCUT2D eigenvalue weighted by Gasteiger charge is 2.14. The van der Waals surface area contributed by atoms with E-state index in [9.17, 15) is 9.59 Å². The zero-order valence-electron chi connectivity index (χ0n) is 17.9. The summed E-state index contributed by atoms with van der Waals surface area (Å²) in [7, 11) is 0. The van der Waals surface area contributed by atoms with Gasteiger partial charge < -0.3 is 9.82 Å². The SMILES string of the molecule is Cc1ccccc1C(=O)c1ccc2[nH]c3ccc(/C=N\OC(=O)c4ccccc4)cc3c2c1. The van der Waals surface area contributed by atoms with Gasteiger partial charge in [0.15, 0.2) is 5.78 Å². The van der Waals surface area contributed by atoms with Gasteiger partial charge in [-0.1, -0.05) is 53.7 Å². The van der Waals surface area contributed by atoms with E-state index in [1.165, 1.54) is 6.21 Å². The molecular weight excluding hydrogens is 412 g/mol. The number of aromatic nitrogens is 1. The van der Waals surface area contributed by atoms with Gasteiger partial charge in [-0.25, -0.2) is 4.79 Å². The summed E-state index contributed by atoms with van der Waals surface area (Å²) in [5, 5.41) is 5.75. The lowest BCUT2D eigenvalue weighted by Crippen LogP contribution is -2.03. The van der Waals surface area contributed by atoms with Crippen molar-refractivity contribution >= 4 is 39.8 Å². The molecule has 0 aliphatic heterocycles. The van der Waals surface area contributed by atoms with E-state index in [1.54, 1.807) is 24.3 Å². The summed E-state index contributed by atoms with van der Waals surface area (Å²) in [5.74, 6) is -0.519. The van der Waals surface area contributed by atoms with Crippen LogP contribution in [-0.2, 0) is 4.84 Å². The van der Waals surface area contributed by atoms with Crippen molar-refractivity contribution < 1.29 is 14.4 Å².